The van der Waals surface area contributed by atoms with Crippen molar-refractivity contribution < 1.29 is 37.3 Å². The Morgan fingerprint density at radius 3 is 2.48 bits per heavy atom. The molecule has 1 N–H and O–H groups in total. The van der Waals surface area contributed by atoms with E-state index in [2.05, 4.69) is 10.1 Å². The molecule has 0 saturated carbocycles. The summed E-state index contributed by atoms with van der Waals surface area (Å²) in [6, 6.07) is 7.92. The molecule has 0 spiro atoms. The lowest BCUT2D eigenvalue weighted by Crippen LogP contribution is -2.09. The van der Waals surface area contributed by atoms with Crippen LogP contribution in [-0.2, 0) is 23.8 Å². The first kappa shape index (κ1) is 31.1. The molecule has 0 radical (unpaired) electrons. The van der Waals surface area contributed by atoms with Crippen molar-refractivity contribution in [2.45, 2.75) is 78.1 Å². The van der Waals surface area contributed by atoms with E-state index in [-0.39, 0.29) is 29.5 Å². The van der Waals surface area contributed by atoms with Gasteiger partial charge in [0, 0.05) is 30.1 Å². The van der Waals surface area contributed by atoms with Crippen LogP contribution in [0.15, 0.2) is 36.5 Å². The fourth-order valence-electron chi connectivity index (χ4n) is 3.88. The van der Waals surface area contributed by atoms with Gasteiger partial charge in [-0.1, -0.05) is 17.7 Å². The SMILES string of the molecule is CC(C)Oc1ccc(CCCCOc2cc(CCC(=O)O)n(C(C)C)n2)c(Oc2ncc(C(F)(F)F)cc2Cl)c1. The third-order valence-corrected chi connectivity index (χ3v) is 5.99. The number of alkyl halides is 3. The highest BCUT2D eigenvalue weighted by Gasteiger charge is 2.32. The Morgan fingerprint density at radius 1 is 1.10 bits per heavy atom. The molecular formula is C28H33ClF3N3O5. The van der Waals surface area contributed by atoms with E-state index >= 15 is 0 Å². The number of aryl methyl sites for hydroxylation is 2. The minimum atomic E-state index is -4.57. The summed E-state index contributed by atoms with van der Waals surface area (Å²) in [6.07, 6.45) is -1.62. The number of halogens is 4. The van der Waals surface area contributed by atoms with E-state index in [9.17, 15) is 18.0 Å². The summed E-state index contributed by atoms with van der Waals surface area (Å²) in [4.78, 5) is 14.7. The molecule has 0 aliphatic rings. The van der Waals surface area contributed by atoms with Crippen molar-refractivity contribution in [3.63, 3.8) is 0 Å². The van der Waals surface area contributed by atoms with E-state index in [0.717, 1.165) is 17.3 Å². The lowest BCUT2D eigenvalue weighted by Gasteiger charge is -2.16. The first-order valence-electron chi connectivity index (χ1n) is 13.0. The maximum atomic E-state index is 13.0. The summed E-state index contributed by atoms with van der Waals surface area (Å²) >= 11 is 6.06. The average Bonchev–Trinajstić information content (AvgIpc) is 3.27. The van der Waals surface area contributed by atoms with Crippen LogP contribution < -0.4 is 14.2 Å². The molecule has 0 aliphatic carbocycles. The number of benzene rings is 1. The van der Waals surface area contributed by atoms with Crippen molar-refractivity contribution in [1.29, 1.82) is 0 Å². The van der Waals surface area contributed by atoms with E-state index in [1.165, 1.54) is 0 Å². The van der Waals surface area contributed by atoms with E-state index in [1.54, 1.807) is 22.9 Å². The number of nitrogens with zero attached hydrogens (tertiary/aromatic N) is 3. The van der Waals surface area contributed by atoms with Gasteiger partial charge in [-0.15, -0.1) is 5.10 Å². The van der Waals surface area contributed by atoms with Gasteiger partial charge in [0.2, 0.25) is 11.8 Å². The van der Waals surface area contributed by atoms with Gasteiger partial charge in [-0.05, 0) is 71.1 Å². The maximum Gasteiger partial charge on any atom is 0.417 e. The van der Waals surface area contributed by atoms with Gasteiger partial charge >= 0.3 is 12.1 Å². The van der Waals surface area contributed by atoms with Crippen LogP contribution in [-0.4, -0.2) is 38.6 Å². The lowest BCUT2D eigenvalue weighted by atomic mass is 10.1. The molecule has 2 aromatic heterocycles. The number of aliphatic carboxylic acids is 1. The fraction of sp³-hybridized carbons (Fsp3) is 0.464. The number of hydrogen-bond donors (Lipinski definition) is 1. The molecule has 0 unspecified atom stereocenters. The highest BCUT2D eigenvalue weighted by atomic mass is 35.5. The van der Waals surface area contributed by atoms with E-state index in [0.29, 0.717) is 55.9 Å². The lowest BCUT2D eigenvalue weighted by molar-refractivity contribution is -0.138. The van der Waals surface area contributed by atoms with Crippen LogP contribution in [0.1, 0.15) is 69.8 Å². The van der Waals surface area contributed by atoms with Gasteiger partial charge in [0.1, 0.15) is 16.5 Å². The zero-order chi connectivity index (χ0) is 29.4. The summed E-state index contributed by atoms with van der Waals surface area (Å²) in [5.41, 5.74) is 0.636. The molecule has 3 aromatic rings. The van der Waals surface area contributed by atoms with E-state index in [1.807, 2.05) is 33.8 Å². The molecule has 0 fully saturated rings. The van der Waals surface area contributed by atoms with Crippen molar-refractivity contribution in [3.05, 3.63) is 58.4 Å². The van der Waals surface area contributed by atoms with Gasteiger partial charge in [0.15, 0.2) is 0 Å². The Kier molecular flexibility index (Phi) is 10.7. The summed E-state index contributed by atoms with van der Waals surface area (Å²) in [5, 5.41) is 13.2. The molecule has 3 rings (SSSR count). The number of carbonyl (C=O) groups is 1. The normalized spacial score (nSPS) is 11.8. The topological polar surface area (TPSA) is 95.7 Å². The van der Waals surface area contributed by atoms with Crippen LogP contribution in [0, 0.1) is 0 Å². The molecule has 0 saturated heterocycles. The van der Waals surface area contributed by atoms with Gasteiger partial charge in [0.05, 0.1) is 24.7 Å². The molecule has 0 bridgehead atoms. The predicted molar refractivity (Wildman–Crippen MR) is 144 cm³/mol. The number of unbranched alkanes of at least 4 members (excludes halogenated alkanes) is 1. The summed E-state index contributed by atoms with van der Waals surface area (Å²) < 4.78 is 58.2. The smallest absolute Gasteiger partial charge is 0.417 e. The molecule has 8 nitrogen and oxygen atoms in total. The van der Waals surface area contributed by atoms with Gasteiger partial charge in [-0.25, -0.2) is 4.98 Å². The second-order valence-corrected chi connectivity index (χ2v) is 10.2. The molecule has 0 aliphatic heterocycles. The Hall–Kier alpha value is -3.47. The average molecular weight is 584 g/mol. The van der Waals surface area contributed by atoms with Crippen molar-refractivity contribution in [1.82, 2.24) is 14.8 Å². The Labute approximate surface area is 236 Å². The van der Waals surface area contributed by atoms with Crippen LogP contribution in [0.25, 0.3) is 0 Å². The zero-order valence-electron chi connectivity index (χ0n) is 22.8. The molecule has 12 heteroatoms. The first-order valence-corrected chi connectivity index (χ1v) is 13.3. The quantitative estimate of drug-likeness (QED) is 0.196. The maximum absolute atomic E-state index is 13.0. The van der Waals surface area contributed by atoms with E-state index < -0.39 is 17.7 Å². The highest BCUT2D eigenvalue weighted by molar-refractivity contribution is 6.31. The molecule has 0 amide bonds. The van der Waals surface area contributed by atoms with Crippen molar-refractivity contribution in [2.75, 3.05) is 6.61 Å². The number of carboxylic acids is 1. The van der Waals surface area contributed by atoms with Crippen LogP contribution in [0.3, 0.4) is 0 Å². The van der Waals surface area contributed by atoms with Gasteiger partial charge in [-0.3, -0.25) is 9.48 Å². The van der Waals surface area contributed by atoms with Crippen molar-refractivity contribution >= 4 is 17.6 Å². The molecule has 0 atom stereocenters. The van der Waals surface area contributed by atoms with Crippen LogP contribution in [0.2, 0.25) is 5.02 Å². The zero-order valence-corrected chi connectivity index (χ0v) is 23.6. The standard InChI is InChI=1S/C28H33ClF3N3O5/c1-17(2)35-21(9-11-26(36)37)14-25(34-35)38-12-6-5-7-19-8-10-22(39-18(3)4)15-24(19)40-27-23(29)13-20(16-33-27)28(30,31)32/h8,10,13-18H,5-7,9,11-12H2,1-4H3,(H,36,37). The minimum absolute atomic E-state index is 0.0104. The number of rotatable bonds is 14. The Balaban J connectivity index is 1.65. The molecule has 40 heavy (non-hydrogen) atoms. The first-order chi connectivity index (χ1) is 18.8. The van der Waals surface area contributed by atoms with Crippen LogP contribution in [0.5, 0.6) is 23.3 Å². The largest absolute Gasteiger partial charge is 0.491 e. The number of carboxylic acid groups (broad SMARTS) is 1. The molecular weight excluding hydrogens is 551 g/mol. The van der Waals surface area contributed by atoms with Crippen LogP contribution in [0.4, 0.5) is 13.2 Å². The second kappa shape index (κ2) is 13.7. The third-order valence-electron chi connectivity index (χ3n) is 5.72. The summed E-state index contributed by atoms with van der Waals surface area (Å²) in [7, 11) is 0. The number of ether oxygens (including phenoxy) is 3. The number of aromatic nitrogens is 3. The number of pyridine rings is 1. The van der Waals surface area contributed by atoms with Gasteiger partial charge in [0.25, 0.3) is 0 Å². The monoisotopic (exact) mass is 583 g/mol. The van der Waals surface area contributed by atoms with Gasteiger partial charge in [-0.2, -0.15) is 13.2 Å². The summed E-state index contributed by atoms with van der Waals surface area (Å²) in [6.45, 7) is 8.08. The molecule has 218 valence electrons. The Bertz CT molecular complexity index is 1290. The predicted octanol–water partition coefficient (Wildman–Crippen LogP) is 7.53. The van der Waals surface area contributed by atoms with Gasteiger partial charge < -0.3 is 19.3 Å². The Morgan fingerprint density at radius 2 is 1.85 bits per heavy atom. The minimum Gasteiger partial charge on any atom is -0.491 e. The highest BCUT2D eigenvalue weighted by Crippen LogP contribution is 2.37. The van der Waals surface area contributed by atoms with Crippen LogP contribution >= 0.6 is 11.6 Å². The number of hydrogen-bond acceptors (Lipinski definition) is 6. The fourth-order valence-corrected chi connectivity index (χ4v) is 4.09. The van der Waals surface area contributed by atoms with E-state index in [4.69, 9.17) is 30.9 Å². The van der Waals surface area contributed by atoms with Crippen molar-refractivity contribution in [2.24, 2.45) is 0 Å². The van der Waals surface area contributed by atoms with Crippen molar-refractivity contribution in [3.8, 4) is 23.3 Å². The third kappa shape index (κ3) is 9.04. The molecule has 1 aromatic carbocycles. The second-order valence-electron chi connectivity index (χ2n) is 9.76. The summed E-state index contributed by atoms with van der Waals surface area (Å²) in [5.74, 6) is 0.353. The molecule has 2 heterocycles.